The highest BCUT2D eigenvalue weighted by Crippen LogP contribution is 2.24. The van der Waals surface area contributed by atoms with E-state index in [1.54, 1.807) is 24.1 Å². The fraction of sp³-hybridized carbons (Fsp3) is 0.500. The van der Waals surface area contributed by atoms with E-state index in [1.807, 2.05) is 0 Å². The number of hydrogen-bond donors (Lipinski definition) is 2. The fourth-order valence-electron chi connectivity index (χ4n) is 2.36. The number of halogens is 1. The maximum absolute atomic E-state index is 12.3. The first-order chi connectivity index (χ1) is 9.08. The van der Waals surface area contributed by atoms with Gasteiger partial charge in [0.15, 0.2) is 0 Å². The average molecular weight is 327 g/mol. The summed E-state index contributed by atoms with van der Waals surface area (Å²) < 4.78 is 0.598. The molecule has 0 saturated carbocycles. The molecular formula is C14H19BrN2O2. The maximum Gasteiger partial charge on any atom is 0.253 e. The van der Waals surface area contributed by atoms with Gasteiger partial charge in [0.25, 0.3) is 5.91 Å². The third kappa shape index (κ3) is 3.70. The summed E-state index contributed by atoms with van der Waals surface area (Å²) in [6.07, 6.45) is 3.55. The lowest BCUT2D eigenvalue weighted by molar-refractivity contribution is 0.0775. The summed E-state index contributed by atoms with van der Waals surface area (Å²) in [5.41, 5.74) is 0.513. The van der Waals surface area contributed by atoms with Crippen LogP contribution in [0.3, 0.4) is 0 Å². The van der Waals surface area contributed by atoms with Gasteiger partial charge in [-0.25, -0.2) is 0 Å². The third-order valence-corrected chi connectivity index (χ3v) is 4.12. The van der Waals surface area contributed by atoms with E-state index >= 15 is 0 Å². The van der Waals surface area contributed by atoms with Crippen molar-refractivity contribution < 1.29 is 9.90 Å². The van der Waals surface area contributed by atoms with Gasteiger partial charge in [0, 0.05) is 25.2 Å². The smallest absolute Gasteiger partial charge is 0.253 e. The van der Waals surface area contributed by atoms with Gasteiger partial charge in [-0.05, 0) is 53.5 Å². The number of nitrogens with zero attached hydrogens (tertiary/aromatic N) is 1. The van der Waals surface area contributed by atoms with Gasteiger partial charge in [0.05, 0.1) is 4.47 Å². The molecule has 1 fully saturated rings. The molecule has 2 N–H and O–H groups in total. The van der Waals surface area contributed by atoms with Crippen LogP contribution in [-0.2, 0) is 0 Å². The van der Waals surface area contributed by atoms with Gasteiger partial charge in [-0.3, -0.25) is 4.79 Å². The Hall–Kier alpha value is -1.07. The van der Waals surface area contributed by atoms with E-state index in [0.29, 0.717) is 22.6 Å². The van der Waals surface area contributed by atoms with Crippen LogP contribution in [0.5, 0.6) is 5.75 Å². The van der Waals surface area contributed by atoms with Crippen molar-refractivity contribution in [2.75, 3.05) is 20.1 Å². The normalized spacial score (nSPS) is 19.2. The Bertz CT molecular complexity index is 459. The molecule has 0 aliphatic carbocycles. The summed E-state index contributed by atoms with van der Waals surface area (Å²) >= 11 is 3.21. The maximum atomic E-state index is 12.3. The van der Waals surface area contributed by atoms with Crippen molar-refractivity contribution in [3.63, 3.8) is 0 Å². The molecule has 0 aromatic heterocycles. The number of aromatic hydroxyl groups is 1. The second-order valence-corrected chi connectivity index (χ2v) is 5.85. The fourth-order valence-corrected chi connectivity index (χ4v) is 2.61. The first kappa shape index (κ1) is 14.3. The number of piperidine rings is 1. The molecular weight excluding hydrogens is 308 g/mol. The summed E-state index contributed by atoms with van der Waals surface area (Å²) in [5, 5.41) is 13.0. The van der Waals surface area contributed by atoms with Crippen molar-refractivity contribution in [3.05, 3.63) is 28.2 Å². The van der Waals surface area contributed by atoms with Crippen LogP contribution in [0, 0.1) is 0 Å². The lowest BCUT2D eigenvalue weighted by atomic mass is 10.0. The number of benzene rings is 1. The van der Waals surface area contributed by atoms with Gasteiger partial charge in [0.1, 0.15) is 5.75 Å². The van der Waals surface area contributed by atoms with E-state index in [1.165, 1.54) is 18.9 Å². The summed E-state index contributed by atoms with van der Waals surface area (Å²) in [6.45, 7) is 1.74. The molecule has 1 aromatic rings. The molecule has 1 saturated heterocycles. The molecule has 1 aliphatic rings. The number of phenols is 1. The van der Waals surface area contributed by atoms with E-state index in [9.17, 15) is 9.90 Å². The molecule has 5 heteroatoms. The molecule has 0 bridgehead atoms. The monoisotopic (exact) mass is 326 g/mol. The lowest BCUT2D eigenvalue weighted by Gasteiger charge is -2.28. The number of phenolic OH excluding ortho intramolecular Hbond substituents is 1. The van der Waals surface area contributed by atoms with Crippen molar-refractivity contribution in [2.24, 2.45) is 0 Å². The van der Waals surface area contributed by atoms with E-state index in [4.69, 9.17) is 0 Å². The summed E-state index contributed by atoms with van der Waals surface area (Å²) in [5.74, 6) is 0.0326. The minimum atomic E-state index is -0.0600. The van der Waals surface area contributed by atoms with E-state index < -0.39 is 0 Å². The third-order valence-electron chi connectivity index (χ3n) is 3.45. The first-order valence-corrected chi connectivity index (χ1v) is 7.34. The number of carbonyl (C=O) groups is 1. The minimum Gasteiger partial charge on any atom is -0.507 e. The largest absolute Gasteiger partial charge is 0.507 e. The zero-order valence-corrected chi connectivity index (χ0v) is 12.6. The van der Waals surface area contributed by atoms with Crippen LogP contribution in [0.4, 0.5) is 0 Å². The lowest BCUT2D eigenvalue weighted by Crippen LogP contribution is -2.44. The Kier molecular flexibility index (Phi) is 4.82. The Morgan fingerprint density at radius 2 is 2.32 bits per heavy atom. The van der Waals surface area contributed by atoms with Crippen LogP contribution in [0.1, 0.15) is 29.6 Å². The zero-order valence-electron chi connectivity index (χ0n) is 11.0. The first-order valence-electron chi connectivity index (χ1n) is 6.55. The Balaban J connectivity index is 1.99. The highest BCUT2D eigenvalue weighted by Gasteiger charge is 2.19. The Morgan fingerprint density at radius 3 is 2.95 bits per heavy atom. The van der Waals surface area contributed by atoms with Gasteiger partial charge in [-0.1, -0.05) is 6.42 Å². The summed E-state index contributed by atoms with van der Waals surface area (Å²) in [4.78, 5) is 14.0. The van der Waals surface area contributed by atoms with Crippen molar-refractivity contribution in [1.29, 1.82) is 0 Å². The number of rotatable bonds is 3. The van der Waals surface area contributed by atoms with Crippen LogP contribution in [0.2, 0.25) is 0 Å². The molecule has 4 nitrogen and oxygen atoms in total. The molecule has 1 heterocycles. The van der Waals surface area contributed by atoms with Gasteiger partial charge in [0.2, 0.25) is 0 Å². The quantitative estimate of drug-likeness (QED) is 0.896. The predicted octanol–water partition coefficient (Wildman–Crippen LogP) is 2.37. The van der Waals surface area contributed by atoms with Crippen LogP contribution in [-0.4, -0.2) is 42.1 Å². The van der Waals surface area contributed by atoms with Crippen molar-refractivity contribution in [2.45, 2.75) is 25.3 Å². The molecule has 2 rings (SSSR count). The van der Waals surface area contributed by atoms with Gasteiger partial charge < -0.3 is 15.3 Å². The number of carbonyl (C=O) groups excluding carboxylic acids is 1. The zero-order chi connectivity index (χ0) is 13.8. The molecule has 1 aliphatic heterocycles. The number of amides is 1. The van der Waals surface area contributed by atoms with Gasteiger partial charge in [-0.15, -0.1) is 0 Å². The van der Waals surface area contributed by atoms with Crippen LogP contribution >= 0.6 is 15.9 Å². The molecule has 19 heavy (non-hydrogen) atoms. The van der Waals surface area contributed by atoms with E-state index in [0.717, 1.165) is 13.0 Å². The average Bonchev–Trinajstić information content (AvgIpc) is 2.42. The summed E-state index contributed by atoms with van der Waals surface area (Å²) in [7, 11) is 1.80. The highest BCUT2D eigenvalue weighted by atomic mass is 79.9. The second kappa shape index (κ2) is 6.39. The topological polar surface area (TPSA) is 52.6 Å². The van der Waals surface area contributed by atoms with Crippen LogP contribution in [0.15, 0.2) is 22.7 Å². The Morgan fingerprint density at radius 1 is 1.53 bits per heavy atom. The van der Waals surface area contributed by atoms with Gasteiger partial charge in [-0.2, -0.15) is 0 Å². The second-order valence-electron chi connectivity index (χ2n) is 5.00. The number of hydrogen-bond acceptors (Lipinski definition) is 3. The molecule has 104 valence electrons. The molecule has 1 amide bonds. The van der Waals surface area contributed by atoms with Gasteiger partial charge >= 0.3 is 0 Å². The van der Waals surface area contributed by atoms with Crippen LogP contribution < -0.4 is 5.32 Å². The van der Waals surface area contributed by atoms with Crippen molar-refractivity contribution in [3.8, 4) is 5.75 Å². The molecule has 1 atom stereocenters. The minimum absolute atomic E-state index is 0.0600. The predicted molar refractivity (Wildman–Crippen MR) is 78.4 cm³/mol. The highest BCUT2D eigenvalue weighted by molar-refractivity contribution is 9.10. The number of likely N-dealkylation sites (N-methyl/N-ethyl adjacent to an activating group) is 1. The van der Waals surface area contributed by atoms with Crippen LogP contribution in [0.25, 0.3) is 0 Å². The molecule has 1 aromatic carbocycles. The molecule has 0 radical (unpaired) electrons. The van der Waals surface area contributed by atoms with Crippen molar-refractivity contribution in [1.82, 2.24) is 10.2 Å². The van der Waals surface area contributed by atoms with E-state index in [2.05, 4.69) is 21.2 Å². The summed E-state index contributed by atoms with van der Waals surface area (Å²) in [6, 6.07) is 5.29. The molecule has 0 spiro atoms. The Labute approximate surface area is 121 Å². The standard InChI is InChI=1S/C14H19BrN2O2/c1-17(9-11-4-2-3-7-16-11)14(19)10-5-6-12(15)13(18)8-10/h5-6,8,11,16,18H,2-4,7,9H2,1H3. The molecule has 1 unspecified atom stereocenters. The number of nitrogens with one attached hydrogen (secondary N) is 1. The SMILES string of the molecule is CN(CC1CCCCN1)C(=O)c1ccc(Br)c(O)c1. The van der Waals surface area contributed by atoms with E-state index in [-0.39, 0.29) is 11.7 Å². The van der Waals surface area contributed by atoms with Crippen molar-refractivity contribution >= 4 is 21.8 Å².